The molecule has 37 heavy (non-hydrogen) atoms. The first-order valence-corrected chi connectivity index (χ1v) is 13.7. The summed E-state index contributed by atoms with van der Waals surface area (Å²) in [6, 6.07) is 8.44. The molecule has 0 aromatic carbocycles. The number of hydrogen-bond donors (Lipinski definition) is 0. The molecule has 1 atom stereocenters. The first-order valence-electron chi connectivity index (χ1n) is 12.3. The second-order valence-corrected chi connectivity index (χ2v) is 13.2. The molecule has 5 heterocycles. The van der Waals surface area contributed by atoms with Gasteiger partial charge in [-0.3, -0.25) is 9.67 Å². The first-order chi connectivity index (χ1) is 17.5. The second kappa shape index (κ2) is 7.95. The summed E-state index contributed by atoms with van der Waals surface area (Å²) in [5, 5.41) is 5.65. The van der Waals surface area contributed by atoms with Gasteiger partial charge >= 0.3 is 0 Å². The van der Waals surface area contributed by atoms with E-state index in [0.29, 0.717) is 23.5 Å². The molecule has 190 valence electrons. The van der Waals surface area contributed by atoms with E-state index in [1.54, 1.807) is 37.5 Å². The average Bonchev–Trinajstić information content (AvgIpc) is 3.51. The van der Waals surface area contributed by atoms with Crippen LogP contribution in [0.1, 0.15) is 45.4 Å². The molecule has 9 heteroatoms. The van der Waals surface area contributed by atoms with Crippen LogP contribution in [-0.2, 0) is 23.0 Å². The molecule has 4 aromatic heterocycles. The van der Waals surface area contributed by atoms with Crippen LogP contribution in [0, 0.1) is 11.2 Å². The van der Waals surface area contributed by atoms with Crippen LogP contribution in [0.5, 0.6) is 0 Å². The Kier molecular flexibility index (Phi) is 5.11. The van der Waals surface area contributed by atoms with Crippen LogP contribution in [0.3, 0.4) is 0 Å². The highest BCUT2D eigenvalue weighted by atomic mass is 32.2. The summed E-state index contributed by atoms with van der Waals surface area (Å²) >= 11 is 0. The fourth-order valence-corrected chi connectivity index (χ4v) is 7.26. The summed E-state index contributed by atoms with van der Waals surface area (Å²) in [7, 11) is -3.82. The molecule has 0 saturated heterocycles. The van der Waals surface area contributed by atoms with Gasteiger partial charge in [-0.25, -0.2) is 21.8 Å². The minimum atomic E-state index is -3.82. The van der Waals surface area contributed by atoms with Gasteiger partial charge in [-0.05, 0) is 73.6 Å². The highest BCUT2D eigenvalue weighted by Gasteiger charge is 2.44. The largest absolute Gasteiger partial charge is 0.268 e. The predicted octanol–water partition coefficient (Wildman–Crippen LogP) is 5.39. The van der Waals surface area contributed by atoms with E-state index in [2.05, 4.69) is 23.8 Å². The smallest absolute Gasteiger partial charge is 0.249 e. The quantitative estimate of drug-likeness (QED) is 0.363. The normalized spacial score (nSPS) is 21.1. The van der Waals surface area contributed by atoms with Crippen LogP contribution in [0.25, 0.3) is 28.0 Å². The third-order valence-electron chi connectivity index (χ3n) is 7.70. The fraction of sp³-hybridized carbons (Fsp3) is 0.321. The van der Waals surface area contributed by atoms with E-state index in [1.165, 1.54) is 16.2 Å². The summed E-state index contributed by atoms with van der Waals surface area (Å²) in [6.07, 6.45) is 9.45. The SMILES string of the molecule is CC1=CC(c2c(-c3ccc(F)cn3)nn3c2CC(C)(C)C3)=CCC1(C)S(=O)(=O)n1ccc2cccnc21. The number of fused-ring (bicyclic) bond motifs is 2. The fourth-order valence-electron chi connectivity index (χ4n) is 5.47. The van der Waals surface area contributed by atoms with Crippen molar-refractivity contribution in [3.63, 3.8) is 0 Å². The highest BCUT2D eigenvalue weighted by Crippen LogP contribution is 2.45. The Balaban J connectivity index is 1.45. The standard InChI is InChI=1S/C28H28FN5O2S/c1-18-14-20(9-11-28(18,4)37(35,36)34-13-10-19-6-5-12-30-26(19)34)24-23-15-27(2,3)17-33(23)32-25(24)22-8-7-21(29)16-31-22/h5-10,12-14,16H,11,15,17H2,1-4H3. The van der Waals surface area contributed by atoms with Crippen LogP contribution in [0.4, 0.5) is 4.39 Å². The Morgan fingerprint density at radius 1 is 1.08 bits per heavy atom. The lowest BCUT2D eigenvalue weighted by atomic mass is 9.84. The molecule has 6 rings (SSSR count). The van der Waals surface area contributed by atoms with Crippen LogP contribution in [0.2, 0.25) is 0 Å². The van der Waals surface area contributed by atoms with Crippen molar-refractivity contribution in [3.8, 4) is 11.4 Å². The molecule has 0 N–H and O–H groups in total. The van der Waals surface area contributed by atoms with Gasteiger partial charge < -0.3 is 0 Å². The van der Waals surface area contributed by atoms with E-state index in [-0.39, 0.29) is 5.41 Å². The Morgan fingerprint density at radius 3 is 2.62 bits per heavy atom. The maximum Gasteiger partial charge on any atom is 0.249 e. The topological polar surface area (TPSA) is 82.7 Å². The van der Waals surface area contributed by atoms with E-state index in [1.807, 2.05) is 29.8 Å². The molecule has 0 radical (unpaired) electrons. The lowest BCUT2D eigenvalue weighted by Gasteiger charge is -2.33. The summed E-state index contributed by atoms with van der Waals surface area (Å²) in [5.41, 5.74) is 5.44. The number of aromatic nitrogens is 5. The summed E-state index contributed by atoms with van der Waals surface area (Å²) in [4.78, 5) is 8.62. The third kappa shape index (κ3) is 3.59. The first kappa shape index (κ1) is 23.8. The Hall–Kier alpha value is -3.59. The van der Waals surface area contributed by atoms with Gasteiger partial charge in [0.1, 0.15) is 16.3 Å². The highest BCUT2D eigenvalue weighted by molar-refractivity contribution is 7.91. The molecule has 2 aliphatic rings. The van der Waals surface area contributed by atoms with Gasteiger partial charge in [0.05, 0.1) is 11.9 Å². The zero-order chi connectivity index (χ0) is 26.2. The number of allylic oxidation sites excluding steroid dienone is 3. The number of pyridine rings is 2. The van der Waals surface area contributed by atoms with Gasteiger partial charge in [-0.1, -0.05) is 26.0 Å². The summed E-state index contributed by atoms with van der Waals surface area (Å²) in [5.74, 6) is -0.404. The van der Waals surface area contributed by atoms with Crippen LogP contribution >= 0.6 is 0 Å². The van der Waals surface area contributed by atoms with Gasteiger partial charge in [0.2, 0.25) is 10.0 Å². The summed E-state index contributed by atoms with van der Waals surface area (Å²) < 4.78 is 43.7. The molecule has 1 unspecified atom stereocenters. The average molecular weight is 518 g/mol. The molecule has 1 aliphatic carbocycles. The molecule has 7 nitrogen and oxygen atoms in total. The molecule has 0 saturated carbocycles. The molecular weight excluding hydrogens is 489 g/mol. The third-order valence-corrected chi connectivity index (χ3v) is 10.1. The molecular formula is C28H28FN5O2S. The van der Waals surface area contributed by atoms with Gasteiger partial charge in [-0.2, -0.15) is 5.10 Å². The molecule has 0 fully saturated rings. The van der Waals surface area contributed by atoms with Crippen molar-refractivity contribution in [3.05, 3.63) is 83.7 Å². The van der Waals surface area contributed by atoms with E-state index in [4.69, 9.17) is 5.10 Å². The zero-order valence-corrected chi connectivity index (χ0v) is 22.1. The van der Waals surface area contributed by atoms with Gasteiger partial charge in [0, 0.05) is 35.6 Å². The summed E-state index contributed by atoms with van der Waals surface area (Å²) in [6.45, 7) is 8.82. The molecule has 1 aliphatic heterocycles. The lowest BCUT2D eigenvalue weighted by Crippen LogP contribution is -2.41. The van der Waals surface area contributed by atoms with Gasteiger partial charge in [-0.15, -0.1) is 0 Å². The van der Waals surface area contributed by atoms with Crippen molar-refractivity contribution in [1.82, 2.24) is 23.7 Å². The monoisotopic (exact) mass is 517 g/mol. The van der Waals surface area contributed by atoms with Crippen LogP contribution in [0.15, 0.2) is 66.6 Å². The van der Waals surface area contributed by atoms with Gasteiger partial charge in [0.25, 0.3) is 0 Å². The van der Waals surface area contributed by atoms with Crippen molar-refractivity contribution in [2.45, 2.75) is 51.8 Å². The number of halogens is 1. The minimum Gasteiger partial charge on any atom is -0.268 e. The van der Waals surface area contributed by atoms with Crippen LogP contribution in [-0.4, -0.2) is 36.9 Å². The van der Waals surface area contributed by atoms with Crippen LogP contribution < -0.4 is 0 Å². The number of rotatable bonds is 4. The Morgan fingerprint density at radius 2 is 1.89 bits per heavy atom. The van der Waals surface area contributed by atoms with Crippen molar-refractivity contribution < 1.29 is 12.8 Å². The Labute approximate surface area is 215 Å². The van der Waals surface area contributed by atoms with Crippen molar-refractivity contribution >= 4 is 26.6 Å². The zero-order valence-electron chi connectivity index (χ0n) is 21.2. The molecule has 0 amide bonds. The van der Waals surface area contributed by atoms with Crippen molar-refractivity contribution in [2.24, 2.45) is 5.41 Å². The maximum absolute atomic E-state index is 14.0. The lowest BCUT2D eigenvalue weighted by molar-refractivity contribution is 0.347. The number of nitrogens with zero attached hydrogens (tertiary/aromatic N) is 5. The molecule has 0 bridgehead atoms. The van der Waals surface area contributed by atoms with Gasteiger partial charge in [0.15, 0.2) is 5.65 Å². The predicted molar refractivity (Wildman–Crippen MR) is 142 cm³/mol. The number of hydrogen-bond acceptors (Lipinski definition) is 5. The molecule has 4 aromatic rings. The molecule has 0 spiro atoms. The van der Waals surface area contributed by atoms with E-state index in [9.17, 15) is 12.8 Å². The van der Waals surface area contributed by atoms with E-state index < -0.39 is 20.6 Å². The minimum absolute atomic E-state index is 0.0557. The maximum atomic E-state index is 14.0. The second-order valence-electron chi connectivity index (χ2n) is 11.0. The van der Waals surface area contributed by atoms with Crippen molar-refractivity contribution in [1.29, 1.82) is 0 Å². The van der Waals surface area contributed by atoms with E-state index >= 15 is 0 Å². The van der Waals surface area contributed by atoms with Crippen molar-refractivity contribution in [2.75, 3.05) is 0 Å². The Bertz CT molecular complexity index is 1730. The van der Waals surface area contributed by atoms with E-state index in [0.717, 1.165) is 40.8 Å².